The molecule has 8 heteroatoms. The van der Waals surface area contributed by atoms with Gasteiger partial charge in [-0.25, -0.2) is 5.06 Å². The average molecular weight is 393 g/mol. The highest BCUT2D eigenvalue weighted by Crippen LogP contribution is 2.26. The molecule has 0 saturated carbocycles. The first-order chi connectivity index (χ1) is 14.2. The van der Waals surface area contributed by atoms with E-state index in [1.165, 1.54) is 5.06 Å². The lowest BCUT2D eigenvalue weighted by Gasteiger charge is -2.34. The van der Waals surface area contributed by atoms with Crippen molar-refractivity contribution in [2.75, 3.05) is 19.7 Å². The zero-order chi connectivity index (χ0) is 19.8. The quantitative estimate of drug-likeness (QED) is 0.741. The van der Waals surface area contributed by atoms with E-state index in [4.69, 9.17) is 4.84 Å². The topological polar surface area (TPSA) is 83.5 Å². The minimum absolute atomic E-state index is 0.0592. The van der Waals surface area contributed by atoms with Crippen LogP contribution < -0.4 is 0 Å². The third-order valence-corrected chi connectivity index (χ3v) is 5.62. The number of fused-ring (bicyclic) bond motifs is 2. The molecule has 1 aromatic carbocycles. The molecule has 0 aliphatic carbocycles. The van der Waals surface area contributed by atoms with Crippen molar-refractivity contribution >= 4 is 22.7 Å². The summed E-state index contributed by atoms with van der Waals surface area (Å²) in [5.41, 5.74) is 2.42. The summed E-state index contributed by atoms with van der Waals surface area (Å²) in [6.45, 7) is 2.10. The van der Waals surface area contributed by atoms with Gasteiger partial charge in [-0.15, -0.1) is 0 Å². The van der Waals surface area contributed by atoms with Gasteiger partial charge in [0.2, 0.25) is 5.91 Å². The van der Waals surface area contributed by atoms with Crippen molar-refractivity contribution in [3.8, 4) is 0 Å². The SMILES string of the molecule is O=C(c1cc2ccccc2[nH]1)N1Cc2ccnn2C(CC(=O)N2CCCCO2)C1. The zero-order valence-corrected chi connectivity index (χ0v) is 16.1. The van der Waals surface area contributed by atoms with Crippen molar-refractivity contribution in [2.24, 2.45) is 0 Å². The minimum atomic E-state index is -0.208. The molecular weight excluding hydrogens is 370 g/mol. The van der Waals surface area contributed by atoms with Gasteiger partial charge in [0, 0.05) is 30.2 Å². The number of carbonyl (C=O) groups excluding carboxylic acids is 2. The van der Waals surface area contributed by atoms with E-state index in [2.05, 4.69) is 10.1 Å². The van der Waals surface area contributed by atoms with Gasteiger partial charge < -0.3 is 9.88 Å². The van der Waals surface area contributed by atoms with Crippen molar-refractivity contribution in [1.29, 1.82) is 0 Å². The van der Waals surface area contributed by atoms with Crippen molar-refractivity contribution in [2.45, 2.75) is 31.8 Å². The highest BCUT2D eigenvalue weighted by molar-refractivity contribution is 5.98. The largest absolute Gasteiger partial charge is 0.351 e. The number of aromatic amines is 1. The lowest BCUT2D eigenvalue weighted by Crippen LogP contribution is -2.44. The minimum Gasteiger partial charge on any atom is -0.351 e. The number of carbonyl (C=O) groups is 2. The monoisotopic (exact) mass is 393 g/mol. The fourth-order valence-corrected chi connectivity index (χ4v) is 4.15. The van der Waals surface area contributed by atoms with Crippen LogP contribution >= 0.6 is 0 Å². The standard InChI is InChI=1S/C21H23N5O3/c27-20(25-9-3-4-10-29-25)12-17-14-24(13-16-7-8-22-26(16)17)21(28)19-11-15-5-1-2-6-18(15)23-19/h1-2,5-8,11,17,23H,3-4,9-10,12-14H2. The molecule has 0 spiro atoms. The van der Waals surface area contributed by atoms with Crippen LogP contribution in [-0.4, -0.2) is 56.2 Å². The van der Waals surface area contributed by atoms with Crippen molar-refractivity contribution < 1.29 is 14.4 Å². The molecule has 3 aromatic rings. The lowest BCUT2D eigenvalue weighted by atomic mass is 10.1. The molecule has 0 bridgehead atoms. The molecule has 2 aromatic heterocycles. The van der Waals surface area contributed by atoms with Gasteiger partial charge in [0.05, 0.1) is 31.3 Å². The Morgan fingerprint density at radius 1 is 1.21 bits per heavy atom. The number of hydrogen-bond donors (Lipinski definition) is 1. The molecule has 1 fully saturated rings. The highest BCUT2D eigenvalue weighted by Gasteiger charge is 2.32. The molecule has 2 aliphatic heterocycles. The smallest absolute Gasteiger partial charge is 0.270 e. The van der Waals surface area contributed by atoms with Crippen LogP contribution in [0.15, 0.2) is 42.6 Å². The molecule has 1 N–H and O–H groups in total. The van der Waals surface area contributed by atoms with E-state index in [-0.39, 0.29) is 24.3 Å². The molecule has 1 unspecified atom stereocenters. The predicted octanol–water partition coefficient (Wildman–Crippen LogP) is 2.51. The van der Waals surface area contributed by atoms with Crippen LogP contribution in [0.2, 0.25) is 0 Å². The van der Waals surface area contributed by atoms with Crippen LogP contribution in [0, 0.1) is 0 Å². The Bertz CT molecular complexity index is 1020. The van der Waals surface area contributed by atoms with Gasteiger partial charge in [0.15, 0.2) is 0 Å². The van der Waals surface area contributed by atoms with E-state index in [9.17, 15) is 9.59 Å². The van der Waals surface area contributed by atoms with Gasteiger partial charge >= 0.3 is 0 Å². The second-order valence-electron chi connectivity index (χ2n) is 7.62. The van der Waals surface area contributed by atoms with Crippen LogP contribution in [0.3, 0.4) is 0 Å². The Kier molecular flexibility index (Phi) is 4.55. The summed E-state index contributed by atoms with van der Waals surface area (Å²) in [7, 11) is 0. The average Bonchev–Trinajstić information content (AvgIpc) is 3.40. The molecule has 4 heterocycles. The van der Waals surface area contributed by atoms with Crippen LogP contribution in [0.4, 0.5) is 0 Å². The Morgan fingerprint density at radius 3 is 2.93 bits per heavy atom. The third-order valence-electron chi connectivity index (χ3n) is 5.62. The number of amides is 2. The molecule has 2 aliphatic rings. The summed E-state index contributed by atoms with van der Waals surface area (Å²) in [5, 5.41) is 6.87. The number of aromatic nitrogens is 3. The molecule has 1 saturated heterocycles. The first kappa shape index (κ1) is 17.9. The molecule has 0 radical (unpaired) electrons. The maximum atomic E-state index is 13.2. The van der Waals surface area contributed by atoms with Crippen LogP contribution in [0.5, 0.6) is 0 Å². The lowest BCUT2D eigenvalue weighted by molar-refractivity contribution is -0.198. The molecule has 150 valence electrons. The number of para-hydroxylation sites is 1. The number of hydrogen-bond acceptors (Lipinski definition) is 4. The van der Waals surface area contributed by atoms with Crippen molar-refractivity contribution in [3.63, 3.8) is 0 Å². The number of rotatable bonds is 3. The van der Waals surface area contributed by atoms with E-state index in [0.29, 0.717) is 31.9 Å². The molecule has 29 heavy (non-hydrogen) atoms. The number of benzene rings is 1. The Hall–Kier alpha value is -3.13. The first-order valence-electron chi connectivity index (χ1n) is 10.0. The van der Waals surface area contributed by atoms with E-state index < -0.39 is 0 Å². The van der Waals surface area contributed by atoms with Gasteiger partial charge in [0.1, 0.15) is 5.69 Å². The van der Waals surface area contributed by atoms with Gasteiger partial charge in [-0.2, -0.15) is 5.10 Å². The number of hydroxylamine groups is 2. The first-order valence-corrected chi connectivity index (χ1v) is 10.0. The summed E-state index contributed by atoms with van der Waals surface area (Å²) < 4.78 is 1.87. The van der Waals surface area contributed by atoms with E-state index in [1.807, 2.05) is 41.1 Å². The summed E-state index contributed by atoms with van der Waals surface area (Å²) in [6.07, 6.45) is 3.91. The molecular formula is C21H23N5O3. The number of H-pyrrole nitrogens is 1. The predicted molar refractivity (Wildman–Crippen MR) is 106 cm³/mol. The zero-order valence-electron chi connectivity index (χ0n) is 16.1. The highest BCUT2D eigenvalue weighted by atomic mass is 16.7. The normalized spacial score (nSPS) is 19.4. The summed E-state index contributed by atoms with van der Waals surface area (Å²) in [4.78, 5) is 36.4. The summed E-state index contributed by atoms with van der Waals surface area (Å²) in [5.74, 6) is -0.128. The fraction of sp³-hybridized carbons (Fsp3) is 0.381. The van der Waals surface area contributed by atoms with Crippen LogP contribution in [-0.2, 0) is 16.2 Å². The van der Waals surface area contributed by atoms with Gasteiger partial charge in [-0.05, 0) is 31.0 Å². The Labute approximate surface area is 168 Å². The van der Waals surface area contributed by atoms with Gasteiger partial charge in [-0.1, -0.05) is 18.2 Å². The second-order valence-corrected chi connectivity index (χ2v) is 7.62. The molecule has 8 nitrogen and oxygen atoms in total. The molecule has 1 atom stereocenters. The fourth-order valence-electron chi connectivity index (χ4n) is 4.15. The van der Waals surface area contributed by atoms with E-state index in [1.54, 1.807) is 11.1 Å². The maximum absolute atomic E-state index is 13.2. The van der Waals surface area contributed by atoms with Crippen LogP contribution in [0.1, 0.15) is 41.5 Å². The maximum Gasteiger partial charge on any atom is 0.270 e. The summed E-state index contributed by atoms with van der Waals surface area (Å²) >= 11 is 0. The van der Waals surface area contributed by atoms with Crippen molar-refractivity contribution in [3.05, 3.63) is 54.0 Å². The Morgan fingerprint density at radius 2 is 2.10 bits per heavy atom. The molecule has 5 rings (SSSR count). The number of nitrogens with one attached hydrogen (secondary N) is 1. The third kappa shape index (κ3) is 3.40. The van der Waals surface area contributed by atoms with Gasteiger partial charge in [0.25, 0.3) is 5.91 Å². The van der Waals surface area contributed by atoms with Crippen LogP contribution in [0.25, 0.3) is 10.9 Å². The van der Waals surface area contributed by atoms with E-state index in [0.717, 1.165) is 29.4 Å². The summed E-state index contributed by atoms with van der Waals surface area (Å²) in [6, 6.07) is 11.4. The molecule has 2 amide bonds. The van der Waals surface area contributed by atoms with E-state index >= 15 is 0 Å². The Balaban J connectivity index is 1.36. The number of nitrogens with zero attached hydrogens (tertiary/aromatic N) is 4. The second kappa shape index (κ2) is 7.36. The van der Waals surface area contributed by atoms with Crippen molar-refractivity contribution in [1.82, 2.24) is 24.7 Å². The van der Waals surface area contributed by atoms with Gasteiger partial charge in [-0.3, -0.25) is 19.1 Å².